The second kappa shape index (κ2) is 8.88. The Morgan fingerprint density at radius 1 is 0.941 bits per heavy atom. The molecule has 0 aliphatic rings. The van der Waals surface area contributed by atoms with Gasteiger partial charge in [0.25, 0.3) is 5.56 Å². The van der Waals surface area contributed by atoms with Crippen LogP contribution in [0.25, 0.3) is 27.4 Å². The number of hydrogen-bond acceptors (Lipinski definition) is 4. The van der Waals surface area contributed by atoms with Crippen molar-refractivity contribution in [3.63, 3.8) is 0 Å². The molecule has 0 amide bonds. The predicted molar refractivity (Wildman–Crippen MR) is 135 cm³/mol. The Hall–Kier alpha value is -3.77. The van der Waals surface area contributed by atoms with Crippen molar-refractivity contribution in [3.8, 4) is 5.69 Å². The van der Waals surface area contributed by atoms with E-state index in [0.717, 1.165) is 16.8 Å². The zero-order chi connectivity index (χ0) is 23.8. The van der Waals surface area contributed by atoms with E-state index >= 15 is 0 Å². The van der Waals surface area contributed by atoms with E-state index in [4.69, 9.17) is 11.6 Å². The summed E-state index contributed by atoms with van der Waals surface area (Å²) in [6.45, 7) is 4.08. The van der Waals surface area contributed by atoms with Crippen molar-refractivity contribution < 1.29 is 4.39 Å². The van der Waals surface area contributed by atoms with Gasteiger partial charge in [0.15, 0.2) is 0 Å². The number of fused-ring (bicyclic) bond motifs is 2. The van der Waals surface area contributed by atoms with Crippen LogP contribution in [-0.2, 0) is 0 Å². The van der Waals surface area contributed by atoms with Gasteiger partial charge >= 0.3 is 0 Å². The van der Waals surface area contributed by atoms with Crippen molar-refractivity contribution in [2.24, 2.45) is 5.92 Å². The number of halogens is 2. The molecule has 0 radical (unpaired) electrons. The number of anilines is 1. The average Bonchev–Trinajstić information content (AvgIpc) is 2.83. The van der Waals surface area contributed by atoms with Crippen molar-refractivity contribution in [2.45, 2.75) is 19.9 Å². The molecule has 7 heteroatoms. The summed E-state index contributed by atoms with van der Waals surface area (Å²) in [6, 6.07) is 21.2. The molecule has 0 aliphatic carbocycles. The van der Waals surface area contributed by atoms with Crippen molar-refractivity contribution >= 4 is 39.1 Å². The Morgan fingerprint density at radius 2 is 1.71 bits per heavy atom. The number of rotatable bonds is 5. The van der Waals surface area contributed by atoms with Crippen LogP contribution in [0.15, 0.2) is 83.9 Å². The van der Waals surface area contributed by atoms with Crippen LogP contribution in [0.3, 0.4) is 0 Å². The molecule has 2 aromatic heterocycles. The molecule has 34 heavy (non-hydrogen) atoms. The SMILES string of the molecule is CC(C)[C@H](Nc1ncnc2cccc(F)c12)c1cc2cccc(Cl)c2c(=O)n1-c1ccccc1. The quantitative estimate of drug-likeness (QED) is 0.315. The minimum Gasteiger partial charge on any atom is -0.361 e. The molecule has 5 rings (SSSR count). The summed E-state index contributed by atoms with van der Waals surface area (Å²) < 4.78 is 16.4. The van der Waals surface area contributed by atoms with Gasteiger partial charge in [-0.2, -0.15) is 0 Å². The molecule has 0 fully saturated rings. The Labute approximate surface area is 200 Å². The van der Waals surface area contributed by atoms with Crippen molar-refractivity contribution in [1.82, 2.24) is 14.5 Å². The molecular weight excluding hydrogens is 451 g/mol. The van der Waals surface area contributed by atoms with Crippen molar-refractivity contribution in [1.29, 1.82) is 0 Å². The largest absolute Gasteiger partial charge is 0.361 e. The zero-order valence-corrected chi connectivity index (χ0v) is 19.4. The van der Waals surface area contributed by atoms with E-state index in [2.05, 4.69) is 15.3 Å². The van der Waals surface area contributed by atoms with Crippen LogP contribution < -0.4 is 10.9 Å². The van der Waals surface area contributed by atoms with Crippen LogP contribution in [-0.4, -0.2) is 14.5 Å². The molecule has 0 aliphatic heterocycles. The fourth-order valence-electron chi connectivity index (χ4n) is 4.32. The van der Waals surface area contributed by atoms with Crippen LogP contribution in [0.5, 0.6) is 0 Å². The normalized spacial score (nSPS) is 12.4. The highest BCUT2D eigenvalue weighted by Crippen LogP contribution is 2.33. The molecule has 5 aromatic rings. The third kappa shape index (κ3) is 3.80. The van der Waals surface area contributed by atoms with Gasteiger partial charge in [0, 0.05) is 11.4 Å². The van der Waals surface area contributed by atoms with E-state index in [0.29, 0.717) is 27.1 Å². The second-order valence-electron chi connectivity index (χ2n) is 8.47. The summed E-state index contributed by atoms with van der Waals surface area (Å²) in [6.07, 6.45) is 1.41. The maximum atomic E-state index is 14.8. The molecule has 0 spiro atoms. The maximum absolute atomic E-state index is 14.8. The molecule has 0 unspecified atom stereocenters. The first-order chi connectivity index (χ1) is 16.5. The number of pyridine rings is 1. The average molecular weight is 473 g/mol. The molecule has 0 saturated heterocycles. The molecule has 3 aromatic carbocycles. The smallest absolute Gasteiger partial charge is 0.264 e. The molecule has 2 heterocycles. The van der Waals surface area contributed by atoms with E-state index in [1.807, 2.05) is 62.4 Å². The summed E-state index contributed by atoms with van der Waals surface area (Å²) in [5, 5.41) is 5.32. The third-order valence-corrected chi connectivity index (χ3v) is 6.24. The molecule has 0 bridgehead atoms. The van der Waals surface area contributed by atoms with Gasteiger partial charge in [0.1, 0.15) is 18.0 Å². The van der Waals surface area contributed by atoms with Crippen molar-refractivity contribution in [3.05, 3.63) is 106 Å². The van der Waals surface area contributed by atoms with Gasteiger partial charge in [-0.15, -0.1) is 0 Å². The minimum absolute atomic E-state index is 0.0304. The number of para-hydroxylation sites is 1. The molecule has 5 nitrogen and oxygen atoms in total. The summed E-state index contributed by atoms with van der Waals surface area (Å²) in [5.41, 5.74) is 1.74. The van der Waals surface area contributed by atoms with Gasteiger partial charge in [0.05, 0.1) is 27.4 Å². The van der Waals surface area contributed by atoms with Crippen LogP contribution in [0.2, 0.25) is 5.02 Å². The number of hydrogen-bond donors (Lipinski definition) is 1. The molecular formula is C27H22ClFN4O. The lowest BCUT2D eigenvalue weighted by Gasteiger charge is -2.27. The third-order valence-electron chi connectivity index (χ3n) is 5.93. The highest BCUT2D eigenvalue weighted by atomic mass is 35.5. The van der Waals surface area contributed by atoms with E-state index in [1.165, 1.54) is 12.4 Å². The van der Waals surface area contributed by atoms with E-state index < -0.39 is 5.82 Å². The number of benzene rings is 3. The Kier molecular flexibility index (Phi) is 5.75. The summed E-state index contributed by atoms with van der Waals surface area (Å²) in [4.78, 5) is 22.3. The Bertz CT molecular complexity index is 1560. The zero-order valence-electron chi connectivity index (χ0n) is 18.7. The first-order valence-electron chi connectivity index (χ1n) is 11.0. The summed E-state index contributed by atoms with van der Waals surface area (Å²) in [5.74, 6) is -0.00307. The summed E-state index contributed by atoms with van der Waals surface area (Å²) >= 11 is 6.44. The molecule has 1 N–H and O–H groups in total. The van der Waals surface area contributed by atoms with Crippen LogP contribution in [0, 0.1) is 11.7 Å². The lowest BCUT2D eigenvalue weighted by molar-refractivity contribution is 0.523. The summed E-state index contributed by atoms with van der Waals surface area (Å²) in [7, 11) is 0. The molecule has 0 saturated carbocycles. The van der Waals surface area contributed by atoms with Crippen LogP contribution >= 0.6 is 11.6 Å². The fourth-order valence-corrected chi connectivity index (χ4v) is 4.58. The van der Waals surface area contributed by atoms with Gasteiger partial charge in [-0.25, -0.2) is 14.4 Å². The van der Waals surface area contributed by atoms with E-state index in [9.17, 15) is 9.18 Å². The van der Waals surface area contributed by atoms with Gasteiger partial charge in [-0.1, -0.05) is 61.8 Å². The lowest BCUT2D eigenvalue weighted by Crippen LogP contribution is -2.29. The number of nitrogens with zero attached hydrogens (tertiary/aromatic N) is 3. The van der Waals surface area contributed by atoms with Gasteiger partial charge in [-0.05, 0) is 47.7 Å². The number of aromatic nitrogens is 3. The maximum Gasteiger partial charge on any atom is 0.264 e. The van der Waals surface area contributed by atoms with E-state index in [-0.39, 0.29) is 17.5 Å². The number of nitrogens with one attached hydrogen (secondary N) is 1. The predicted octanol–water partition coefficient (Wildman–Crippen LogP) is 6.54. The second-order valence-corrected chi connectivity index (χ2v) is 8.88. The highest BCUT2D eigenvalue weighted by Gasteiger charge is 2.24. The van der Waals surface area contributed by atoms with Gasteiger partial charge in [0.2, 0.25) is 0 Å². The van der Waals surface area contributed by atoms with Crippen LogP contribution in [0.4, 0.5) is 10.2 Å². The van der Waals surface area contributed by atoms with E-state index in [1.54, 1.807) is 22.8 Å². The molecule has 170 valence electrons. The monoisotopic (exact) mass is 472 g/mol. The van der Waals surface area contributed by atoms with Gasteiger partial charge in [-0.3, -0.25) is 9.36 Å². The Balaban J connectivity index is 1.77. The topological polar surface area (TPSA) is 59.8 Å². The van der Waals surface area contributed by atoms with Gasteiger partial charge < -0.3 is 5.32 Å². The van der Waals surface area contributed by atoms with Crippen molar-refractivity contribution in [2.75, 3.05) is 5.32 Å². The minimum atomic E-state index is -0.408. The standard InChI is InChI=1S/C27H22ClFN4O/c1-16(2)25(32-26-24-20(29)12-7-13-21(24)30-15-31-26)22-14-17-8-6-11-19(28)23(17)27(34)33(22)18-9-4-3-5-10-18/h3-16,25H,1-2H3,(H,30,31,32)/t25-/m0/s1. The Morgan fingerprint density at radius 3 is 2.47 bits per heavy atom. The highest BCUT2D eigenvalue weighted by molar-refractivity contribution is 6.35. The first kappa shape index (κ1) is 22.0. The lowest BCUT2D eigenvalue weighted by atomic mass is 9.97. The first-order valence-corrected chi connectivity index (χ1v) is 11.4. The fraction of sp³-hybridized carbons (Fsp3) is 0.148. The molecule has 1 atom stereocenters. The van der Waals surface area contributed by atoms with Crippen LogP contribution in [0.1, 0.15) is 25.6 Å².